The Kier molecular flexibility index (Phi) is 8.55. The van der Waals surface area contributed by atoms with Gasteiger partial charge in [0.1, 0.15) is 0 Å². The van der Waals surface area contributed by atoms with E-state index in [0.717, 1.165) is 48.9 Å². The van der Waals surface area contributed by atoms with Crippen molar-refractivity contribution in [2.75, 3.05) is 13.1 Å². The summed E-state index contributed by atoms with van der Waals surface area (Å²) in [4.78, 5) is 4.50. The van der Waals surface area contributed by atoms with Crippen molar-refractivity contribution in [3.05, 3.63) is 35.7 Å². The van der Waals surface area contributed by atoms with Crippen molar-refractivity contribution in [3.8, 4) is 11.4 Å². The number of nitrogens with zero attached hydrogens (tertiary/aromatic N) is 2. The smallest absolute Gasteiger partial charge is 0.226 e. The number of benzene rings is 1. The maximum Gasteiger partial charge on any atom is 0.226 e. The van der Waals surface area contributed by atoms with Crippen LogP contribution in [0.3, 0.4) is 0 Å². The van der Waals surface area contributed by atoms with Gasteiger partial charge in [0.05, 0.1) is 0 Å². The molecular formula is C16H24Cl2N4O. The maximum absolute atomic E-state index is 5.60. The minimum absolute atomic E-state index is 0. The number of nitrogens with two attached hydrogens (primary N) is 1. The third-order valence-corrected chi connectivity index (χ3v) is 4.14. The fourth-order valence-electron chi connectivity index (χ4n) is 2.76. The molecule has 2 heterocycles. The lowest BCUT2D eigenvalue weighted by Crippen LogP contribution is -2.27. The van der Waals surface area contributed by atoms with Crippen LogP contribution in [0.1, 0.15) is 30.7 Å². The second kappa shape index (κ2) is 9.88. The molecule has 1 aromatic carbocycles. The first-order chi connectivity index (χ1) is 10.3. The number of hydrogen-bond acceptors (Lipinski definition) is 5. The minimum Gasteiger partial charge on any atom is -0.339 e. The van der Waals surface area contributed by atoms with Gasteiger partial charge in [0.15, 0.2) is 0 Å². The van der Waals surface area contributed by atoms with E-state index in [1.807, 2.05) is 24.3 Å². The Morgan fingerprint density at radius 2 is 1.83 bits per heavy atom. The molecule has 3 rings (SSSR count). The molecule has 7 heteroatoms. The molecule has 1 fully saturated rings. The van der Waals surface area contributed by atoms with Crippen molar-refractivity contribution < 1.29 is 4.52 Å². The van der Waals surface area contributed by atoms with Gasteiger partial charge in [-0.25, -0.2) is 0 Å². The first-order valence-electron chi connectivity index (χ1n) is 7.68. The summed E-state index contributed by atoms with van der Waals surface area (Å²) in [7, 11) is 0. The standard InChI is InChI=1S/C16H22N4O.2ClH/c17-11-13-1-4-14(5-2-13)16-19-15(21-20-16)6-3-12-7-9-18-10-8-12;;/h1-2,4-5,12,18H,3,6-11,17H2;2*1H. The quantitative estimate of drug-likeness (QED) is 0.858. The summed E-state index contributed by atoms with van der Waals surface area (Å²) in [6, 6.07) is 7.98. The monoisotopic (exact) mass is 358 g/mol. The van der Waals surface area contributed by atoms with Crippen molar-refractivity contribution in [1.29, 1.82) is 0 Å². The highest BCUT2D eigenvalue weighted by Gasteiger charge is 2.15. The first-order valence-corrected chi connectivity index (χ1v) is 7.68. The van der Waals surface area contributed by atoms with Crippen LogP contribution in [0, 0.1) is 5.92 Å². The highest BCUT2D eigenvalue weighted by atomic mass is 35.5. The van der Waals surface area contributed by atoms with Crippen LogP contribution in [0.5, 0.6) is 0 Å². The fraction of sp³-hybridized carbons (Fsp3) is 0.500. The Bertz CT molecular complexity index is 568. The average Bonchev–Trinajstić information content (AvgIpc) is 3.03. The Morgan fingerprint density at radius 3 is 2.48 bits per heavy atom. The number of aromatic nitrogens is 2. The number of nitrogens with one attached hydrogen (secondary N) is 1. The highest BCUT2D eigenvalue weighted by Crippen LogP contribution is 2.20. The van der Waals surface area contributed by atoms with E-state index in [-0.39, 0.29) is 24.8 Å². The number of rotatable bonds is 5. The molecule has 1 aliphatic rings. The van der Waals surface area contributed by atoms with E-state index in [2.05, 4.69) is 15.5 Å². The molecule has 1 aromatic heterocycles. The second-order valence-corrected chi connectivity index (χ2v) is 5.64. The van der Waals surface area contributed by atoms with Gasteiger partial charge in [0.2, 0.25) is 11.7 Å². The van der Waals surface area contributed by atoms with Crippen LogP contribution in [0.15, 0.2) is 28.8 Å². The Hall–Kier alpha value is -1.14. The topological polar surface area (TPSA) is 77.0 Å². The van der Waals surface area contributed by atoms with E-state index in [4.69, 9.17) is 10.3 Å². The molecule has 1 saturated heterocycles. The summed E-state index contributed by atoms with van der Waals surface area (Å²) >= 11 is 0. The summed E-state index contributed by atoms with van der Waals surface area (Å²) < 4.78 is 5.37. The van der Waals surface area contributed by atoms with Gasteiger partial charge in [0.25, 0.3) is 0 Å². The van der Waals surface area contributed by atoms with Gasteiger partial charge in [-0.1, -0.05) is 29.4 Å². The minimum atomic E-state index is 0. The van der Waals surface area contributed by atoms with Crippen LogP contribution < -0.4 is 11.1 Å². The van der Waals surface area contributed by atoms with Crippen molar-refractivity contribution in [3.63, 3.8) is 0 Å². The number of hydrogen-bond donors (Lipinski definition) is 2. The summed E-state index contributed by atoms with van der Waals surface area (Å²) in [5, 5.41) is 7.46. The number of halogens is 2. The number of aryl methyl sites for hydroxylation is 1. The lowest BCUT2D eigenvalue weighted by Gasteiger charge is -2.21. The van der Waals surface area contributed by atoms with Gasteiger partial charge in [0, 0.05) is 18.5 Å². The number of piperidine rings is 1. The predicted octanol–water partition coefficient (Wildman–Crippen LogP) is 2.97. The van der Waals surface area contributed by atoms with Gasteiger partial charge in [-0.2, -0.15) is 4.98 Å². The zero-order valence-electron chi connectivity index (χ0n) is 13.0. The Labute approximate surface area is 149 Å². The molecule has 0 unspecified atom stereocenters. The molecule has 128 valence electrons. The zero-order valence-corrected chi connectivity index (χ0v) is 14.7. The van der Waals surface area contributed by atoms with Gasteiger partial charge in [-0.3, -0.25) is 0 Å². The van der Waals surface area contributed by atoms with Gasteiger partial charge in [-0.15, -0.1) is 24.8 Å². The highest BCUT2D eigenvalue weighted by molar-refractivity contribution is 5.85. The van der Waals surface area contributed by atoms with E-state index in [1.54, 1.807) is 0 Å². The SMILES string of the molecule is Cl.Cl.NCc1ccc(-c2noc(CCC3CCNCC3)n2)cc1. The van der Waals surface area contributed by atoms with E-state index in [1.165, 1.54) is 12.8 Å². The molecule has 0 amide bonds. The molecule has 0 spiro atoms. The second-order valence-electron chi connectivity index (χ2n) is 5.64. The summed E-state index contributed by atoms with van der Waals surface area (Å²) in [5.41, 5.74) is 7.68. The first kappa shape index (κ1) is 19.9. The van der Waals surface area contributed by atoms with Gasteiger partial charge < -0.3 is 15.6 Å². The summed E-state index contributed by atoms with van der Waals surface area (Å²) in [6.07, 6.45) is 4.51. The molecule has 0 aliphatic carbocycles. The Balaban J connectivity index is 0.00000132. The van der Waals surface area contributed by atoms with E-state index in [0.29, 0.717) is 12.4 Å². The molecule has 0 saturated carbocycles. The zero-order chi connectivity index (χ0) is 14.5. The van der Waals surface area contributed by atoms with Crippen LogP contribution in [0.4, 0.5) is 0 Å². The normalized spacial score (nSPS) is 14.8. The average molecular weight is 359 g/mol. The van der Waals surface area contributed by atoms with Crippen molar-refractivity contribution in [2.24, 2.45) is 11.7 Å². The van der Waals surface area contributed by atoms with Crippen LogP contribution in [0.25, 0.3) is 11.4 Å². The molecule has 0 bridgehead atoms. The largest absolute Gasteiger partial charge is 0.339 e. The third kappa shape index (κ3) is 5.46. The molecule has 0 atom stereocenters. The summed E-state index contributed by atoms with van der Waals surface area (Å²) in [5.74, 6) is 2.19. The molecule has 0 radical (unpaired) electrons. The van der Waals surface area contributed by atoms with Crippen LogP contribution >= 0.6 is 24.8 Å². The van der Waals surface area contributed by atoms with Crippen LogP contribution in [-0.2, 0) is 13.0 Å². The van der Waals surface area contributed by atoms with Crippen LogP contribution in [-0.4, -0.2) is 23.2 Å². The van der Waals surface area contributed by atoms with Gasteiger partial charge in [-0.05, 0) is 43.8 Å². The van der Waals surface area contributed by atoms with E-state index in [9.17, 15) is 0 Å². The molecular weight excluding hydrogens is 335 g/mol. The Morgan fingerprint density at radius 1 is 1.13 bits per heavy atom. The molecule has 1 aliphatic heterocycles. The maximum atomic E-state index is 5.60. The van der Waals surface area contributed by atoms with E-state index < -0.39 is 0 Å². The van der Waals surface area contributed by atoms with Crippen molar-refractivity contribution >= 4 is 24.8 Å². The molecule has 23 heavy (non-hydrogen) atoms. The molecule has 2 aromatic rings. The predicted molar refractivity (Wildman–Crippen MR) is 96.0 cm³/mol. The third-order valence-electron chi connectivity index (χ3n) is 4.14. The lowest BCUT2D eigenvalue weighted by molar-refractivity contribution is 0.324. The van der Waals surface area contributed by atoms with Gasteiger partial charge >= 0.3 is 0 Å². The molecule has 5 nitrogen and oxygen atoms in total. The fourth-order valence-corrected chi connectivity index (χ4v) is 2.76. The molecule has 3 N–H and O–H groups in total. The van der Waals surface area contributed by atoms with Crippen molar-refractivity contribution in [1.82, 2.24) is 15.5 Å². The lowest BCUT2D eigenvalue weighted by atomic mass is 9.93. The van der Waals surface area contributed by atoms with Crippen molar-refractivity contribution in [2.45, 2.75) is 32.2 Å². The van der Waals surface area contributed by atoms with Crippen LogP contribution in [0.2, 0.25) is 0 Å². The van der Waals surface area contributed by atoms with E-state index >= 15 is 0 Å². The summed E-state index contributed by atoms with van der Waals surface area (Å²) in [6.45, 7) is 2.81.